The Morgan fingerprint density at radius 2 is 2.10 bits per heavy atom. The summed E-state index contributed by atoms with van der Waals surface area (Å²) in [4.78, 5) is 0. The van der Waals surface area contributed by atoms with Crippen LogP contribution in [0.2, 0.25) is 0 Å². The number of benzene rings is 2. The van der Waals surface area contributed by atoms with Crippen LogP contribution in [-0.4, -0.2) is 13.2 Å². The van der Waals surface area contributed by atoms with Crippen LogP contribution in [0.15, 0.2) is 46.9 Å². The SMILES string of the molecule is CNC(c1cc(Br)ccc1F)C1Cc2ccccc2O1. The van der Waals surface area contributed by atoms with Crippen LogP contribution in [0.1, 0.15) is 17.2 Å². The maximum absolute atomic E-state index is 14.1. The van der Waals surface area contributed by atoms with E-state index in [9.17, 15) is 4.39 Å². The number of fused-ring (bicyclic) bond motifs is 1. The molecule has 3 rings (SSSR count). The average Bonchev–Trinajstić information content (AvgIpc) is 2.87. The Bertz CT molecular complexity index is 607. The van der Waals surface area contributed by atoms with Crippen molar-refractivity contribution in [2.24, 2.45) is 0 Å². The van der Waals surface area contributed by atoms with E-state index < -0.39 is 0 Å². The number of likely N-dealkylation sites (N-methyl/N-ethyl adjacent to an activating group) is 1. The van der Waals surface area contributed by atoms with Gasteiger partial charge in [-0.1, -0.05) is 34.1 Å². The monoisotopic (exact) mass is 335 g/mol. The first-order chi connectivity index (χ1) is 9.69. The molecule has 0 aliphatic carbocycles. The van der Waals surface area contributed by atoms with E-state index in [0.29, 0.717) is 5.56 Å². The van der Waals surface area contributed by atoms with Crippen molar-refractivity contribution in [1.29, 1.82) is 0 Å². The van der Waals surface area contributed by atoms with Gasteiger partial charge in [0.2, 0.25) is 0 Å². The van der Waals surface area contributed by atoms with Gasteiger partial charge in [0.1, 0.15) is 17.7 Å². The van der Waals surface area contributed by atoms with E-state index in [1.165, 1.54) is 11.6 Å². The molecule has 1 aliphatic heterocycles. The molecule has 0 saturated carbocycles. The third-order valence-electron chi connectivity index (χ3n) is 3.65. The molecule has 0 aromatic heterocycles. The van der Waals surface area contributed by atoms with E-state index >= 15 is 0 Å². The van der Waals surface area contributed by atoms with Gasteiger partial charge < -0.3 is 10.1 Å². The highest BCUT2D eigenvalue weighted by atomic mass is 79.9. The van der Waals surface area contributed by atoms with E-state index in [1.54, 1.807) is 6.07 Å². The summed E-state index contributed by atoms with van der Waals surface area (Å²) in [6.45, 7) is 0. The molecule has 0 fully saturated rings. The molecular weight excluding hydrogens is 321 g/mol. The van der Waals surface area contributed by atoms with Gasteiger partial charge in [0.05, 0.1) is 6.04 Å². The Kier molecular flexibility index (Phi) is 3.76. The van der Waals surface area contributed by atoms with Crippen molar-refractivity contribution in [2.45, 2.75) is 18.6 Å². The molecule has 1 aliphatic rings. The lowest BCUT2D eigenvalue weighted by atomic mass is 9.97. The summed E-state index contributed by atoms with van der Waals surface area (Å²) in [7, 11) is 1.83. The molecule has 2 atom stereocenters. The lowest BCUT2D eigenvalue weighted by Crippen LogP contribution is -2.33. The first-order valence-electron chi connectivity index (χ1n) is 6.56. The van der Waals surface area contributed by atoms with Gasteiger partial charge in [-0.25, -0.2) is 4.39 Å². The molecule has 0 radical (unpaired) electrons. The summed E-state index contributed by atoms with van der Waals surface area (Å²) in [6.07, 6.45) is 0.689. The van der Waals surface area contributed by atoms with Gasteiger partial charge >= 0.3 is 0 Å². The van der Waals surface area contributed by atoms with Gasteiger partial charge in [-0.3, -0.25) is 0 Å². The van der Waals surface area contributed by atoms with Crippen molar-refractivity contribution in [3.63, 3.8) is 0 Å². The number of nitrogens with one attached hydrogen (secondary N) is 1. The van der Waals surface area contributed by atoms with Crippen LogP contribution >= 0.6 is 15.9 Å². The van der Waals surface area contributed by atoms with E-state index in [-0.39, 0.29) is 18.0 Å². The van der Waals surface area contributed by atoms with Gasteiger partial charge in [-0.2, -0.15) is 0 Å². The van der Waals surface area contributed by atoms with Crippen molar-refractivity contribution >= 4 is 15.9 Å². The fourth-order valence-electron chi connectivity index (χ4n) is 2.69. The van der Waals surface area contributed by atoms with Crippen LogP contribution in [0.4, 0.5) is 4.39 Å². The Hall–Kier alpha value is -1.39. The summed E-state index contributed by atoms with van der Waals surface area (Å²) in [5.41, 5.74) is 1.80. The molecule has 2 unspecified atom stereocenters. The number of ether oxygens (including phenoxy) is 1. The first kappa shape index (κ1) is 13.6. The maximum atomic E-state index is 14.1. The summed E-state index contributed by atoms with van der Waals surface area (Å²) in [5.74, 6) is 0.681. The normalized spacial score (nSPS) is 18.4. The van der Waals surface area contributed by atoms with Crippen LogP contribution in [-0.2, 0) is 6.42 Å². The van der Waals surface area contributed by atoms with Crippen LogP contribution in [0.5, 0.6) is 5.75 Å². The van der Waals surface area contributed by atoms with Crippen molar-refractivity contribution < 1.29 is 9.13 Å². The standard InChI is InChI=1S/C16H15BrFNO/c1-19-16(12-9-11(17)6-7-13(12)18)15-8-10-4-2-3-5-14(10)20-15/h2-7,9,15-16,19H,8H2,1H3. The van der Waals surface area contributed by atoms with Crippen molar-refractivity contribution in [2.75, 3.05) is 7.05 Å². The minimum Gasteiger partial charge on any atom is -0.488 e. The second-order valence-electron chi connectivity index (χ2n) is 4.90. The molecule has 0 bridgehead atoms. The van der Waals surface area contributed by atoms with Gasteiger partial charge in [0.25, 0.3) is 0 Å². The second-order valence-corrected chi connectivity index (χ2v) is 5.82. The van der Waals surface area contributed by atoms with Crippen LogP contribution in [0.3, 0.4) is 0 Å². The van der Waals surface area contributed by atoms with E-state index in [1.807, 2.05) is 31.3 Å². The summed E-state index contributed by atoms with van der Waals surface area (Å²) >= 11 is 3.40. The zero-order valence-electron chi connectivity index (χ0n) is 11.1. The molecule has 4 heteroatoms. The molecule has 104 valence electrons. The van der Waals surface area contributed by atoms with Crippen molar-refractivity contribution in [3.05, 3.63) is 63.9 Å². The van der Waals surface area contributed by atoms with Gasteiger partial charge in [-0.05, 0) is 36.9 Å². The number of hydrogen-bond donors (Lipinski definition) is 1. The molecule has 0 saturated heterocycles. The van der Waals surface area contributed by atoms with Crippen molar-refractivity contribution in [1.82, 2.24) is 5.32 Å². The number of hydrogen-bond acceptors (Lipinski definition) is 2. The van der Waals surface area contributed by atoms with Gasteiger partial charge in [0, 0.05) is 16.5 Å². The molecule has 0 amide bonds. The summed E-state index contributed by atoms with van der Waals surface area (Å²) in [6, 6.07) is 12.8. The highest BCUT2D eigenvalue weighted by molar-refractivity contribution is 9.10. The average molecular weight is 336 g/mol. The highest BCUT2D eigenvalue weighted by Crippen LogP contribution is 2.35. The number of rotatable bonds is 3. The first-order valence-corrected chi connectivity index (χ1v) is 7.35. The maximum Gasteiger partial charge on any atom is 0.128 e. The topological polar surface area (TPSA) is 21.3 Å². The molecule has 1 N–H and O–H groups in total. The molecule has 20 heavy (non-hydrogen) atoms. The Morgan fingerprint density at radius 3 is 2.85 bits per heavy atom. The Labute approximate surface area is 126 Å². The van der Waals surface area contributed by atoms with E-state index in [4.69, 9.17) is 4.74 Å². The predicted octanol–water partition coefficient (Wildman–Crippen LogP) is 3.85. The third-order valence-corrected chi connectivity index (χ3v) is 4.14. The summed E-state index contributed by atoms with van der Waals surface area (Å²) < 4.78 is 20.9. The molecule has 2 aromatic carbocycles. The molecule has 1 heterocycles. The van der Waals surface area contributed by atoms with Crippen LogP contribution in [0, 0.1) is 5.82 Å². The lowest BCUT2D eigenvalue weighted by molar-refractivity contribution is 0.181. The molecule has 2 aromatic rings. The largest absolute Gasteiger partial charge is 0.488 e. The molecular formula is C16H15BrFNO. The minimum atomic E-state index is -0.216. The fraction of sp³-hybridized carbons (Fsp3) is 0.250. The highest BCUT2D eigenvalue weighted by Gasteiger charge is 2.31. The fourth-order valence-corrected chi connectivity index (χ4v) is 3.07. The van der Waals surface area contributed by atoms with E-state index in [2.05, 4.69) is 27.3 Å². The minimum absolute atomic E-state index is 0.0961. The third kappa shape index (κ3) is 2.45. The summed E-state index contributed by atoms with van der Waals surface area (Å²) in [5, 5.41) is 3.18. The number of para-hydroxylation sites is 1. The van der Waals surface area contributed by atoms with Gasteiger partial charge in [-0.15, -0.1) is 0 Å². The molecule has 2 nitrogen and oxygen atoms in total. The predicted molar refractivity (Wildman–Crippen MR) is 80.5 cm³/mol. The lowest BCUT2D eigenvalue weighted by Gasteiger charge is -2.24. The van der Waals surface area contributed by atoms with Crippen LogP contribution in [0.25, 0.3) is 0 Å². The van der Waals surface area contributed by atoms with Gasteiger partial charge in [0.15, 0.2) is 0 Å². The van der Waals surface area contributed by atoms with Crippen LogP contribution < -0.4 is 10.1 Å². The second kappa shape index (κ2) is 5.54. The Morgan fingerprint density at radius 1 is 1.30 bits per heavy atom. The quantitative estimate of drug-likeness (QED) is 0.919. The van der Waals surface area contributed by atoms with Crippen molar-refractivity contribution in [3.8, 4) is 5.75 Å². The molecule has 0 spiro atoms. The smallest absolute Gasteiger partial charge is 0.128 e. The van der Waals surface area contributed by atoms with E-state index in [0.717, 1.165) is 16.6 Å². The number of halogens is 2. The zero-order chi connectivity index (χ0) is 14.1. The zero-order valence-corrected chi connectivity index (χ0v) is 12.7. The Balaban J connectivity index is 1.91.